The van der Waals surface area contributed by atoms with E-state index >= 15 is 0 Å². The zero-order valence-electron chi connectivity index (χ0n) is 8.89. The molecule has 3 heteroatoms. The second-order valence-corrected chi connectivity index (χ2v) is 3.85. The van der Waals surface area contributed by atoms with Crippen LogP contribution in [-0.2, 0) is 0 Å². The molecule has 0 aliphatic carbocycles. The fourth-order valence-electron chi connectivity index (χ4n) is 1.33. The molecule has 0 saturated carbocycles. The highest BCUT2D eigenvalue weighted by Crippen LogP contribution is 2.22. The molecule has 1 rings (SSSR count). The number of hydrogen-bond donors (Lipinski definition) is 1. The molecule has 1 aromatic carbocycles. The summed E-state index contributed by atoms with van der Waals surface area (Å²) in [5.41, 5.74) is 1.51. The number of unbranched alkanes of at least 4 members (excludes halogenated alkanes) is 2. The van der Waals surface area contributed by atoms with Gasteiger partial charge in [-0.15, -0.1) is 0 Å². The maximum Gasteiger partial charge on any atom is 0.0992 e. The Morgan fingerprint density at radius 2 is 2.20 bits per heavy atom. The predicted octanol–water partition coefficient (Wildman–Crippen LogP) is 3.81. The molecule has 80 valence electrons. The van der Waals surface area contributed by atoms with E-state index in [2.05, 4.69) is 18.3 Å². The van der Waals surface area contributed by atoms with E-state index in [4.69, 9.17) is 16.9 Å². The van der Waals surface area contributed by atoms with Gasteiger partial charge in [0.05, 0.1) is 22.3 Å². The first-order valence-electron chi connectivity index (χ1n) is 5.21. The number of nitrogens with zero attached hydrogens (tertiary/aromatic N) is 1. The maximum absolute atomic E-state index is 8.67. The van der Waals surface area contributed by atoms with Gasteiger partial charge in [-0.1, -0.05) is 31.4 Å². The Morgan fingerprint density at radius 3 is 2.80 bits per heavy atom. The lowest BCUT2D eigenvalue weighted by molar-refractivity contribution is 0.744. The third-order valence-electron chi connectivity index (χ3n) is 2.19. The van der Waals surface area contributed by atoms with Crippen LogP contribution in [0.4, 0.5) is 5.69 Å². The lowest BCUT2D eigenvalue weighted by atomic mass is 10.2. The molecule has 0 aliphatic heterocycles. The second-order valence-electron chi connectivity index (χ2n) is 3.44. The minimum Gasteiger partial charge on any atom is -0.384 e. The average molecular weight is 223 g/mol. The Balaban J connectivity index is 2.52. The minimum absolute atomic E-state index is 0.596. The zero-order valence-corrected chi connectivity index (χ0v) is 9.64. The lowest BCUT2D eigenvalue weighted by Crippen LogP contribution is -2.01. The number of hydrogen-bond acceptors (Lipinski definition) is 2. The maximum atomic E-state index is 8.67. The summed E-state index contributed by atoms with van der Waals surface area (Å²) in [5.74, 6) is 0. The van der Waals surface area contributed by atoms with E-state index in [1.807, 2.05) is 6.07 Å². The van der Waals surface area contributed by atoms with Gasteiger partial charge in [0.1, 0.15) is 0 Å². The number of rotatable bonds is 5. The quantitative estimate of drug-likeness (QED) is 0.769. The SMILES string of the molecule is CCCCCNc1ccc(C#N)cc1Cl. The summed E-state index contributed by atoms with van der Waals surface area (Å²) < 4.78 is 0. The second kappa shape index (κ2) is 6.31. The van der Waals surface area contributed by atoms with Crippen LogP contribution < -0.4 is 5.32 Å². The van der Waals surface area contributed by atoms with Gasteiger partial charge in [-0.2, -0.15) is 5.26 Å². The van der Waals surface area contributed by atoms with Gasteiger partial charge < -0.3 is 5.32 Å². The Bertz CT molecular complexity index is 355. The van der Waals surface area contributed by atoms with Gasteiger partial charge in [0.2, 0.25) is 0 Å². The molecule has 0 aromatic heterocycles. The molecule has 0 aliphatic rings. The fraction of sp³-hybridized carbons (Fsp3) is 0.417. The molecular formula is C12H15ClN2. The molecular weight excluding hydrogens is 208 g/mol. The molecule has 1 N–H and O–H groups in total. The van der Waals surface area contributed by atoms with Gasteiger partial charge in [-0.25, -0.2) is 0 Å². The molecule has 0 unspecified atom stereocenters. The highest BCUT2D eigenvalue weighted by molar-refractivity contribution is 6.33. The number of halogens is 1. The van der Waals surface area contributed by atoms with Crippen LogP contribution in [-0.4, -0.2) is 6.54 Å². The minimum atomic E-state index is 0.596. The largest absolute Gasteiger partial charge is 0.384 e. The molecule has 0 bridgehead atoms. The fourth-order valence-corrected chi connectivity index (χ4v) is 1.57. The number of nitrogens with one attached hydrogen (secondary N) is 1. The van der Waals surface area contributed by atoms with Crippen molar-refractivity contribution in [2.75, 3.05) is 11.9 Å². The summed E-state index contributed by atoms with van der Waals surface area (Å²) in [6.45, 7) is 3.11. The molecule has 2 nitrogen and oxygen atoms in total. The highest BCUT2D eigenvalue weighted by atomic mass is 35.5. The van der Waals surface area contributed by atoms with Gasteiger partial charge in [0.25, 0.3) is 0 Å². The summed E-state index contributed by atoms with van der Waals surface area (Å²) in [5, 5.41) is 12.5. The molecule has 0 fully saturated rings. The first-order chi connectivity index (χ1) is 7.27. The summed E-state index contributed by atoms with van der Waals surface area (Å²) in [4.78, 5) is 0. The third kappa shape index (κ3) is 3.81. The van der Waals surface area contributed by atoms with E-state index in [0.29, 0.717) is 10.6 Å². The van der Waals surface area contributed by atoms with Crippen molar-refractivity contribution in [1.82, 2.24) is 0 Å². The van der Waals surface area contributed by atoms with E-state index < -0.39 is 0 Å². The van der Waals surface area contributed by atoms with Crippen molar-refractivity contribution in [2.45, 2.75) is 26.2 Å². The van der Waals surface area contributed by atoms with Crippen LogP contribution in [0.3, 0.4) is 0 Å². The highest BCUT2D eigenvalue weighted by Gasteiger charge is 2.00. The summed E-state index contributed by atoms with van der Waals surface area (Å²) in [6.07, 6.45) is 3.58. The van der Waals surface area contributed by atoms with Crippen LogP contribution in [0.15, 0.2) is 18.2 Å². The Labute approximate surface area is 95.9 Å². The van der Waals surface area contributed by atoms with Crippen LogP contribution >= 0.6 is 11.6 Å². The molecule has 0 heterocycles. The Morgan fingerprint density at radius 1 is 1.40 bits per heavy atom. The summed E-state index contributed by atoms with van der Waals surface area (Å²) in [6, 6.07) is 7.37. The summed E-state index contributed by atoms with van der Waals surface area (Å²) in [7, 11) is 0. The van der Waals surface area contributed by atoms with Crippen molar-refractivity contribution < 1.29 is 0 Å². The lowest BCUT2D eigenvalue weighted by Gasteiger charge is -2.07. The number of benzene rings is 1. The topological polar surface area (TPSA) is 35.8 Å². The Hall–Kier alpha value is -1.20. The van der Waals surface area contributed by atoms with E-state index in [9.17, 15) is 0 Å². The van der Waals surface area contributed by atoms with Gasteiger partial charge >= 0.3 is 0 Å². The Kier molecular flexibility index (Phi) is 5.00. The predicted molar refractivity (Wildman–Crippen MR) is 64.2 cm³/mol. The van der Waals surface area contributed by atoms with Crippen LogP contribution in [0.25, 0.3) is 0 Å². The van der Waals surface area contributed by atoms with Crippen LogP contribution in [0, 0.1) is 11.3 Å². The number of nitriles is 1. The van der Waals surface area contributed by atoms with Crippen LogP contribution in [0.2, 0.25) is 5.02 Å². The van der Waals surface area contributed by atoms with E-state index in [1.54, 1.807) is 12.1 Å². The van der Waals surface area contributed by atoms with Gasteiger partial charge in [0.15, 0.2) is 0 Å². The monoisotopic (exact) mass is 222 g/mol. The molecule has 15 heavy (non-hydrogen) atoms. The van der Waals surface area contributed by atoms with Crippen LogP contribution in [0.5, 0.6) is 0 Å². The van der Waals surface area contributed by atoms with Crippen molar-refractivity contribution in [3.8, 4) is 6.07 Å². The molecule has 0 radical (unpaired) electrons. The van der Waals surface area contributed by atoms with Gasteiger partial charge in [-0.05, 0) is 24.6 Å². The average Bonchev–Trinajstić information content (AvgIpc) is 2.26. The smallest absolute Gasteiger partial charge is 0.0992 e. The van der Waals surface area contributed by atoms with Crippen molar-refractivity contribution in [1.29, 1.82) is 5.26 Å². The van der Waals surface area contributed by atoms with Crippen LogP contribution in [0.1, 0.15) is 31.7 Å². The van der Waals surface area contributed by atoms with Crippen molar-refractivity contribution in [3.05, 3.63) is 28.8 Å². The summed E-state index contributed by atoms with van der Waals surface area (Å²) >= 11 is 6.01. The molecule has 1 aromatic rings. The first kappa shape index (κ1) is 11.9. The molecule has 0 amide bonds. The van der Waals surface area contributed by atoms with Crippen molar-refractivity contribution in [2.24, 2.45) is 0 Å². The molecule has 0 atom stereocenters. The van der Waals surface area contributed by atoms with Gasteiger partial charge in [0, 0.05) is 6.54 Å². The first-order valence-corrected chi connectivity index (χ1v) is 5.59. The van der Waals surface area contributed by atoms with E-state index in [0.717, 1.165) is 18.7 Å². The van der Waals surface area contributed by atoms with E-state index in [1.165, 1.54) is 12.8 Å². The standard InChI is InChI=1S/C12H15ClN2/c1-2-3-4-7-15-12-6-5-10(9-14)8-11(12)13/h5-6,8,15H,2-4,7H2,1H3. The molecule has 0 saturated heterocycles. The zero-order chi connectivity index (χ0) is 11.1. The van der Waals surface area contributed by atoms with Gasteiger partial charge in [-0.3, -0.25) is 0 Å². The van der Waals surface area contributed by atoms with Crippen molar-refractivity contribution in [3.63, 3.8) is 0 Å². The molecule has 0 spiro atoms. The normalized spacial score (nSPS) is 9.67. The number of anilines is 1. The van der Waals surface area contributed by atoms with E-state index in [-0.39, 0.29) is 0 Å². The third-order valence-corrected chi connectivity index (χ3v) is 2.51. The van der Waals surface area contributed by atoms with Crippen molar-refractivity contribution >= 4 is 17.3 Å².